The lowest BCUT2D eigenvalue weighted by atomic mass is 10.0. The number of methoxy groups -OCH3 is 2. The fourth-order valence-electron chi connectivity index (χ4n) is 5.25. The van der Waals surface area contributed by atoms with Gasteiger partial charge in [-0.1, -0.05) is 33.3 Å². The highest BCUT2D eigenvalue weighted by Gasteiger charge is 2.26. The standard InChI is InChI=1S/C31H48N4O5/c1-6-23(36)12-10-13-27(37)24(16-19-34-17-8-7-9-18-34)32-31(38)25-20-26(35(33-25)21-22(2)3)30-28(39-4)14-11-15-29(30)40-5/h11,14-15,20,22-24,36H,6-10,12-13,16-19,21H2,1-5H3,(H,32,38)/t23?,24-/m0/s1. The summed E-state index contributed by atoms with van der Waals surface area (Å²) in [7, 11) is 3.21. The van der Waals surface area contributed by atoms with Gasteiger partial charge in [-0.25, -0.2) is 0 Å². The van der Waals surface area contributed by atoms with Crippen molar-refractivity contribution in [1.82, 2.24) is 20.0 Å². The Morgan fingerprint density at radius 2 is 1.75 bits per heavy atom. The number of likely N-dealkylation sites (tertiary alicyclic amines) is 1. The quantitative estimate of drug-likeness (QED) is 0.309. The number of amides is 1. The molecular formula is C31H48N4O5. The minimum absolute atomic E-state index is 0.00176. The van der Waals surface area contributed by atoms with Crippen molar-refractivity contribution in [1.29, 1.82) is 0 Å². The summed E-state index contributed by atoms with van der Waals surface area (Å²) in [6.07, 6.45) is 5.92. The summed E-state index contributed by atoms with van der Waals surface area (Å²) in [4.78, 5) is 29.2. The molecule has 2 N–H and O–H groups in total. The number of aliphatic hydroxyl groups is 1. The smallest absolute Gasteiger partial charge is 0.272 e. The number of Topliss-reactive ketones (excluding diaryl/α,β-unsaturated/α-hetero) is 1. The van der Waals surface area contributed by atoms with Crippen LogP contribution in [0.15, 0.2) is 24.3 Å². The van der Waals surface area contributed by atoms with E-state index in [-0.39, 0.29) is 23.3 Å². The maximum atomic E-state index is 13.6. The lowest BCUT2D eigenvalue weighted by molar-refractivity contribution is -0.121. The molecule has 3 rings (SSSR count). The van der Waals surface area contributed by atoms with Crippen LogP contribution in [0.4, 0.5) is 0 Å². The van der Waals surface area contributed by atoms with Crippen LogP contribution in [0.2, 0.25) is 0 Å². The first-order valence-electron chi connectivity index (χ1n) is 14.8. The van der Waals surface area contributed by atoms with E-state index in [0.717, 1.165) is 30.9 Å². The summed E-state index contributed by atoms with van der Waals surface area (Å²) < 4.78 is 13.1. The predicted molar refractivity (Wildman–Crippen MR) is 157 cm³/mol. The number of nitrogens with zero attached hydrogens (tertiary/aromatic N) is 3. The van der Waals surface area contributed by atoms with Crippen molar-refractivity contribution in [2.75, 3.05) is 33.9 Å². The van der Waals surface area contributed by atoms with E-state index in [9.17, 15) is 14.7 Å². The number of aliphatic hydroxyl groups excluding tert-OH is 1. The van der Waals surface area contributed by atoms with E-state index in [1.54, 1.807) is 20.3 Å². The van der Waals surface area contributed by atoms with Crippen LogP contribution < -0.4 is 14.8 Å². The van der Waals surface area contributed by atoms with Gasteiger partial charge in [-0.2, -0.15) is 5.10 Å². The number of carbonyl (C=O) groups is 2. The topological polar surface area (TPSA) is 106 Å². The molecule has 1 fully saturated rings. The predicted octanol–water partition coefficient (Wildman–Crippen LogP) is 4.71. The number of rotatable bonds is 16. The number of hydrogen-bond acceptors (Lipinski definition) is 7. The molecule has 2 heterocycles. The van der Waals surface area contributed by atoms with Crippen LogP contribution in [0, 0.1) is 5.92 Å². The van der Waals surface area contributed by atoms with Crippen molar-refractivity contribution in [2.24, 2.45) is 5.92 Å². The minimum atomic E-state index is -0.604. The van der Waals surface area contributed by atoms with Gasteiger partial charge in [0.05, 0.1) is 37.6 Å². The molecule has 222 valence electrons. The van der Waals surface area contributed by atoms with E-state index in [4.69, 9.17) is 9.47 Å². The second-order valence-corrected chi connectivity index (χ2v) is 11.2. The molecule has 9 nitrogen and oxygen atoms in total. The number of carbonyl (C=O) groups excluding carboxylic acids is 2. The summed E-state index contributed by atoms with van der Waals surface area (Å²) >= 11 is 0. The average molecular weight is 557 g/mol. The molecule has 2 atom stereocenters. The normalized spacial score (nSPS) is 15.6. The first-order chi connectivity index (χ1) is 19.3. The van der Waals surface area contributed by atoms with Crippen LogP contribution in [0.1, 0.15) is 82.6 Å². The number of piperidine rings is 1. The van der Waals surface area contributed by atoms with Crippen molar-refractivity contribution in [3.8, 4) is 22.8 Å². The summed E-state index contributed by atoms with van der Waals surface area (Å²) in [5.41, 5.74) is 1.70. The van der Waals surface area contributed by atoms with Crippen LogP contribution in [0.5, 0.6) is 11.5 Å². The van der Waals surface area contributed by atoms with Gasteiger partial charge in [0, 0.05) is 19.5 Å². The number of aromatic nitrogens is 2. The van der Waals surface area contributed by atoms with Crippen molar-refractivity contribution < 1.29 is 24.2 Å². The van der Waals surface area contributed by atoms with Crippen LogP contribution in [-0.2, 0) is 11.3 Å². The van der Waals surface area contributed by atoms with Crippen LogP contribution in [0.25, 0.3) is 11.3 Å². The Balaban J connectivity index is 1.85. The molecule has 1 saturated heterocycles. The number of ether oxygens (including phenoxy) is 2. The molecule has 2 aromatic rings. The zero-order valence-corrected chi connectivity index (χ0v) is 24.9. The first kappa shape index (κ1) is 31.6. The fraction of sp³-hybridized carbons (Fsp3) is 0.645. The summed E-state index contributed by atoms with van der Waals surface area (Å²) in [6.45, 7) is 9.54. The molecule has 0 aliphatic carbocycles. The second-order valence-electron chi connectivity index (χ2n) is 11.2. The maximum Gasteiger partial charge on any atom is 0.272 e. The Morgan fingerprint density at radius 3 is 2.35 bits per heavy atom. The van der Waals surface area contributed by atoms with Crippen molar-refractivity contribution in [2.45, 2.75) is 90.8 Å². The largest absolute Gasteiger partial charge is 0.496 e. The maximum absolute atomic E-state index is 13.6. The Morgan fingerprint density at radius 1 is 1.07 bits per heavy atom. The summed E-state index contributed by atoms with van der Waals surface area (Å²) in [5.74, 6) is 1.16. The van der Waals surface area contributed by atoms with Crippen molar-refractivity contribution in [3.05, 3.63) is 30.0 Å². The SMILES string of the molecule is CCC(O)CCCC(=O)[C@H](CCN1CCCCC1)NC(=O)c1cc(-c2c(OC)cccc2OC)n(CC(C)C)n1. The van der Waals surface area contributed by atoms with Gasteiger partial charge in [0.1, 0.15) is 11.5 Å². The Kier molecular flexibility index (Phi) is 12.5. The van der Waals surface area contributed by atoms with Crippen molar-refractivity contribution in [3.63, 3.8) is 0 Å². The van der Waals surface area contributed by atoms with E-state index >= 15 is 0 Å². The first-order valence-corrected chi connectivity index (χ1v) is 14.8. The number of hydrogen-bond donors (Lipinski definition) is 2. The third kappa shape index (κ3) is 8.80. The molecule has 1 aliphatic heterocycles. The van der Waals surface area contributed by atoms with Gasteiger partial charge in [-0.15, -0.1) is 0 Å². The number of benzene rings is 1. The highest BCUT2D eigenvalue weighted by Crippen LogP contribution is 2.38. The molecule has 9 heteroatoms. The number of ketones is 1. The number of nitrogens with one attached hydrogen (secondary N) is 1. The van der Waals surface area contributed by atoms with Crippen LogP contribution >= 0.6 is 0 Å². The molecule has 1 amide bonds. The van der Waals surface area contributed by atoms with Gasteiger partial charge in [0.2, 0.25) is 0 Å². The minimum Gasteiger partial charge on any atom is -0.496 e. The average Bonchev–Trinajstić information content (AvgIpc) is 3.37. The Bertz CT molecular complexity index is 1070. The molecule has 0 spiro atoms. The molecule has 1 unspecified atom stereocenters. The van der Waals surface area contributed by atoms with E-state index < -0.39 is 12.1 Å². The van der Waals surface area contributed by atoms with Crippen LogP contribution in [-0.4, -0.2) is 77.5 Å². The second kappa shape index (κ2) is 15.8. The molecule has 1 aromatic heterocycles. The molecule has 1 aliphatic rings. The highest BCUT2D eigenvalue weighted by atomic mass is 16.5. The zero-order valence-electron chi connectivity index (χ0n) is 24.9. The van der Waals surface area contributed by atoms with Gasteiger partial charge < -0.3 is 24.8 Å². The van der Waals surface area contributed by atoms with Crippen molar-refractivity contribution >= 4 is 11.7 Å². The van der Waals surface area contributed by atoms with Gasteiger partial charge in [-0.3, -0.25) is 14.3 Å². The molecule has 0 bridgehead atoms. The summed E-state index contributed by atoms with van der Waals surface area (Å²) in [6, 6.07) is 6.72. The van der Waals surface area contributed by atoms with Gasteiger partial charge in [0.25, 0.3) is 5.91 Å². The molecule has 0 radical (unpaired) electrons. The van der Waals surface area contributed by atoms with E-state index in [1.807, 2.05) is 29.8 Å². The zero-order chi connectivity index (χ0) is 29.1. The molecule has 1 aromatic carbocycles. The van der Waals surface area contributed by atoms with Gasteiger partial charge in [0.15, 0.2) is 11.5 Å². The Hall–Kier alpha value is -2.91. The molecule has 0 saturated carbocycles. The third-order valence-corrected chi connectivity index (χ3v) is 7.54. The fourth-order valence-corrected chi connectivity index (χ4v) is 5.25. The highest BCUT2D eigenvalue weighted by molar-refractivity contribution is 5.97. The third-order valence-electron chi connectivity index (χ3n) is 7.54. The van der Waals surface area contributed by atoms with E-state index in [2.05, 4.69) is 29.2 Å². The molecular weight excluding hydrogens is 508 g/mol. The molecule has 40 heavy (non-hydrogen) atoms. The lowest BCUT2D eigenvalue weighted by Gasteiger charge is -2.28. The van der Waals surface area contributed by atoms with E-state index in [0.29, 0.717) is 50.1 Å². The monoisotopic (exact) mass is 556 g/mol. The Labute approximate surface area is 239 Å². The summed E-state index contributed by atoms with van der Waals surface area (Å²) in [5, 5.41) is 17.6. The van der Waals surface area contributed by atoms with Gasteiger partial charge >= 0.3 is 0 Å². The van der Waals surface area contributed by atoms with Gasteiger partial charge in [-0.05, 0) is 75.7 Å². The van der Waals surface area contributed by atoms with Crippen LogP contribution in [0.3, 0.4) is 0 Å². The van der Waals surface area contributed by atoms with E-state index in [1.165, 1.54) is 19.3 Å². The lowest BCUT2D eigenvalue weighted by Crippen LogP contribution is -2.44.